The van der Waals surface area contributed by atoms with Gasteiger partial charge in [0, 0.05) is 13.1 Å². The fraction of sp³-hybridized carbons (Fsp3) is 0.562. The molecule has 0 heterocycles. The summed E-state index contributed by atoms with van der Waals surface area (Å²) < 4.78 is 5.64. The Morgan fingerprint density at radius 3 is 3.05 bits per heavy atom. The van der Waals surface area contributed by atoms with Crippen molar-refractivity contribution in [3.63, 3.8) is 0 Å². The molecule has 0 bridgehead atoms. The molecule has 0 spiro atoms. The highest BCUT2D eigenvalue weighted by atomic mass is 16.5. The SMILES string of the molecule is CCCNC1CCc2cc(OCCC(=O)NC)ccc21. The number of carbonyl (C=O) groups is 1. The van der Waals surface area contributed by atoms with E-state index in [1.165, 1.54) is 11.1 Å². The average molecular weight is 276 g/mol. The van der Waals surface area contributed by atoms with Gasteiger partial charge < -0.3 is 15.4 Å². The highest BCUT2D eigenvalue weighted by Gasteiger charge is 2.21. The molecular weight excluding hydrogens is 252 g/mol. The van der Waals surface area contributed by atoms with E-state index in [2.05, 4.69) is 29.7 Å². The monoisotopic (exact) mass is 276 g/mol. The molecular formula is C16H24N2O2. The average Bonchev–Trinajstić information content (AvgIpc) is 2.87. The molecule has 0 saturated heterocycles. The molecule has 1 amide bonds. The summed E-state index contributed by atoms with van der Waals surface area (Å²) >= 11 is 0. The second-order valence-electron chi connectivity index (χ2n) is 5.18. The van der Waals surface area contributed by atoms with Gasteiger partial charge in [-0.15, -0.1) is 0 Å². The molecule has 110 valence electrons. The number of amides is 1. The van der Waals surface area contributed by atoms with Crippen molar-refractivity contribution in [1.29, 1.82) is 0 Å². The third-order valence-electron chi connectivity index (χ3n) is 3.71. The predicted molar refractivity (Wildman–Crippen MR) is 80.0 cm³/mol. The van der Waals surface area contributed by atoms with Crippen LogP contribution in [0.4, 0.5) is 0 Å². The van der Waals surface area contributed by atoms with Gasteiger partial charge in [0.25, 0.3) is 0 Å². The molecule has 1 atom stereocenters. The van der Waals surface area contributed by atoms with Gasteiger partial charge in [-0.05, 0) is 49.1 Å². The summed E-state index contributed by atoms with van der Waals surface area (Å²) in [6, 6.07) is 6.77. The summed E-state index contributed by atoms with van der Waals surface area (Å²) in [5.41, 5.74) is 2.77. The van der Waals surface area contributed by atoms with Crippen LogP contribution in [0.5, 0.6) is 5.75 Å². The second-order valence-corrected chi connectivity index (χ2v) is 5.18. The molecule has 0 saturated carbocycles. The summed E-state index contributed by atoms with van der Waals surface area (Å²) in [5.74, 6) is 0.874. The first-order valence-corrected chi connectivity index (χ1v) is 7.44. The van der Waals surface area contributed by atoms with Crippen LogP contribution in [0.15, 0.2) is 18.2 Å². The fourth-order valence-electron chi connectivity index (χ4n) is 2.60. The van der Waals surface area contributed by atoms with E-state index in [4.69, 9.17) is 4.74 Å². The highest BCUT2D eigenvalue weighted by Crippen LogP contribution is 2.33. The molecule has 4 heteroatoms. The lowest BCUT2D eigenvalue weighted by Crippen LogP contribution is -2.20. The first-order chi connectivity index (χ1) is 9.74. The number of hydrogen-bond acceptors (Lipinski definition) is 3. The number of rotatable bonds is 7. The number of fused-ring (bicyclic) bond motifs is 1. The summed E-state index contributed by atoms with van der Waals surface area (Å²) in [6.07, 6.45) is 3.82. The Labute approximate surface area is 120 Å². The molecule has 2 N–H and O–H groups in total. The smallest absolute Gasteiger partial charge is 0.223 e. The zero-order valence-electron chi connectivity index (χ0n) is 12.4. The summed E-state index contributed by atoms with van der Waals surface area (Å²) in [5, 5.41) is 6.17. The molecule has 0 aliphatic heterocycles. The standard InChI is InChI=1S/C16H24N2O2/c1-3-9-18-15-7-4-12-11-13(5-6-14(12)15)20-10-8-16(19)17-2/h5-6,11,15,18H,3-4,7-10H2,1-2H3,(H,17,19). The zero-order valence-corrected chi connectivity index (χ0v) is 12.4. The van der Waals surface area contributed by atoms with Crippen molar-refractivity contribution in [2.75, 3.05) is 20.2 Å². The summed E-state index contributed by atoms with van der Waals surface area (Å²) in [7, 11) is 1.64. The van der Waals surface area contributed by atoms with Crippen LogP contribution in [-0.2, 0) is 11.2 Å². The topological polar surface area (TPSA) is 50.4 Å². The van der Waals surface area contributed by atoms with Crippen LogP contribution in [0.3, 0.4) is 0 Å². The Morgan fingerprint density at radius 2 is 2.30 bits per heavy atom. The Morgan fingerprint density at radius 1 is 1.45 bits per heavy atom. The molecule has 0 radical (unpaired) electrons. The lowest BCUT2D eigenvalue weighted by Gasteiger charge is -2.14. The summed E-state index contributed by atoms with van der Waals surface area (Å²) in [6.45, 7) is 3.68. The third-order valence-corrected chi connectivity index (χ3v) is 3.71. The van der Waals surface area contributed by atoms with Gasteiger partial charge in [-0.25, -0.2) is 0 Å². The highest BCUT2D eigenvalue weighted by molar-refractivity contribution is 5.75. The van der Waals surface area contributed by atoms with Crippen LogP contribution < -0.4 is 15.4 Å². The van der Waals surface area contributed by atoms with Gasteiger partial charge in [0.05, 0.1) is 13.0 Å². The van der Waals surface area contributed by atoms with E-state index in [1.807, 2.05) is 6.07 Å². The van der Waals surface area contributed by atoms with Crippen molar-refractivity contribution >= 4 is 5.91 Å². The van der Waals surface area contributed by atoms with Crippen molar-refractivity contribution in [2.45, 2.75) is 38.6 Å². The molecule has 1 aromatic rings. The van der Waals surface area contributed by atoms with Crippen LogP contribution >= 0.6 is 0 Å². The van der Waals surface area contributed by atoms with Crippen molar-refractivity contribution in [2.24, 2.45) is 0 Å². The molecule has 1 aliphatic carbocycles. The van der Waals surface area contributed by atoms with Crippen molar-refractivity contribution in [1.82, 2.24) is 10.6 Å². The van der Waals surface area contributed by atoms with Gasteiger partial charge in [0.2, 0.25) is 5.91 Å². The van der Waals surface area contributed by atoms with Gasteiger partial charge in [-0.1, -0.05) is 13.0 Å². The van der Waals surface area contributed by atoms with Gasteiger partial charge in [-0.3, -0.25) is 4.79 Å². The zero-order chi connectivity index (χ0) is 14.4. The maximum absolute atomic E-state index is 11.1. The minimum Gasteiger partial charge on any atom is -0.493 e. The van der Waals surface area contributed by atoms with E-state index in [9.17, 15) is 4.79 Å². The minimum atomic E-state index is 0.00925. The van der Waals surface area contributed by atoms with E-state index in [1.54, 1.807) is 7.05 Å². The summed E-state index contributed by atoms with van der Waals surface area (Å²) in [4.78, 5) is 11.1. The molecule has 0 aromatic heterocycles. The van der Waals surface area contributed by atoms with Crippen LogP contribution in [0.1, 0.15) is 43.4 Å². The van der Waals surface area contributed by atoms with E-state index < -0.39 is 0 Å². The van der Waals surface area contributed by atoms with Gasteiger partial charge in [-0.2, -0.15) is 0 Å². The molecule has 0 fully saturated rings. The van der Waals surface area contributed by atoms with Gasteiger partial charge in [0.15, 0.2) is 0 Å². The number of ether oxygens (including phenoxy) is 1. The Kier molecular flexibility index (Phi) is 5.41. The molecule has 1 aromatic carbocycles. The number of nitrogens with one attached hydrogen (secondary N) is 2. The lowest BCUT2D eigenvalue weighted by atomic mass is 10.1. The molecule has 2 rings (SSSR count). The van der Waals surface area contributed by atoms with Crippen LogP contribution in [0.2, 0.25) is 0 Å². The van der Waals surface area contributed by atoms with Gasteiger partial charge >= 0.3 is 0 Å². The first kappa shape index (κ1) is 14.9. The number of hydrogen-bond donors (Lipinski definition) is 2. The van der Waals surface area contributed by atoms with E-state index in [-0.39, 0.29) is 5.91 Å². The number of benzene rings is 1. The molecule has 1 unspecified atom stereocenters. The largest absolute Gasteiger partial charge is 0.493 e. The fourth-order valence-corrected chi connectivity index (χ4v) is 2.60. The normalized spacial score (nSPS) is 16.8. The van der Waals surface area contributed by atoms with Crippen molar-refractivity contribution < 1.29 is 9.53 Å². The Balaban J connectivity index is 1.90. The van der Waals surface area contributed by atoms with E-state index >= 15 is 0 Å². The van der Waals surface area contributed by atoms with E-state index in [0.29, 0.717) is 19.1 Å². The third kappa shape index (κ3) is 3.73. The first-order valence-electron chi connectivity index (χ1n) is 7.44. The van der Waals surface area contributed by atoms with E-state index in [0.717, 1.165) is 31.6 Å². The number of aryl methyl sites for hydroxylation is 1. The van der Waals surface area contributed by atoms with Crippen molar-refractivity contribution in [3.8, 4) is 5.75 Å². The van der Waals surface area contributed by atoms with Gasteiger partial charge in [0.1, 0.15) is 5.75 Å². The Hall–Kier alpha value is -1.55. The minimum absolute atomic E-state index is 0.00925. The molecule has 4 nitrogen and oxygen atoms in total. The van der Waals surface area contributed by atoms with Crippen molar-refractivity contribution in [3.05, 3.63) is 29.3 Å². The molecule has 1 aliphatic rings. The van der Waals surface area contributed by atoms with Crippen LogP contribution in [-0.4, -0.2) is 26.1 Å². The predicted octanol–water partition coefficient (Wildman–Crippen LogP) is 2.19. The maximum Gasteiger partial charge on any atom is 0.223 e. The quantitative estimate of drug-likeness (QED) is 0.802. The Bertz CT molecular complexity index is 460. The number of carbonyl (C=O) groups excluding carboxylic acids is 1. The lowest BCUT2D eigenvalue weighted by molar-refractivity contribution is -0.121. The van der Waals surface area contributed by atoms with Crippen LogP contribution in [0.25, 0.3) is 0 Å². The maximum atomic E-state index is 11.1. The molecule has 20 heavy (non-hydrogen) atoms. The second kappa shape index (κ2) is 7.29. The van der Waals surface area contributed by atoms with Crippen LogP contribution in [0, 0.1) is 0 Å².